The van der Waals surface area contributed by atoms with Gasteiger partial charge in [-0.15, -0.1) is 0 Å². The molecule has 5 rings (SSSR count). The molecule has 0 saturated heterocycles. The molecule has 0 unspecified atom stereocenters. The predicted octanol–water partition coefficient (Wildman–Crippen LogP) is 6.72. The van der Waals surface area contributed by atoms with E-state index in [9.17, 15) is 13.0 Å². The van der Waals surface area contributed by atoms with Crippen LogP contribution in [0.4, 0.5) is 11.4 Å². The van der Waals surface area contributed by atoms with Crippen molar-refractivity contribution in [1.29, 1.82) is 0 Å². The van der Waals surface area contributed by atoms with E-state index in [-0.39, 0.29) is 4.90 Å². The van der Waals surface area contributed by atoms with Crippen molar-refractivity contribution in [2.75, 3.05) is 45.9 Å². The Hall–Kier alpha value is -3.84. The lowest BCUT2D eigenvalue weighted by atomic mass is 9.93. The number of hydrogen-bond acceptors (Lipinski definition) is 8. The summed E-state index contributed by atoms with van der Waals surface area (Å²) < 4.78 is 63.1. The van der Waals surface area contributed by atoms with Crippen molar-refractivity contribution >= 4 is 41.3 Å². The minimum atomic E-state index is -4.76. The highest BCUT2D eigenvalue weighted by molar-refractivity contribution is 7.85. The first-order valence-corrected chi connectivity index (χ1v) is 19.1. The van der Waals surface area contributed by atoms with Crippen LogP contribution in [0.15, 0.2) is 100 Å². The van der Waals surface area contributed by atoms with Gasteiger partial charge in [0.25, 0.3) is 0 Å². The molecule has 2 aliphatic rings. The topological polar surface area (TPSA) is 104 Å². The summed E-state index contributed by atoms with van der Waals surface area (Å²) in [6.07, 6.45) is 1.72. The van der Waals surface area contributed by atoms with Crippen molar-refractivity contribution in [3.05, 3.63) is 96.4 Å². The van der Waals surface area contributed by atoms with Crippen molar-refractivity contribution in [3.8, 4) is 22.5 Å². The smallest absolute Gasteiger partial charge is 0.500 e. The van der Waals surface area contributed by atoms with Gasteiger partial charge in [0.2, 0.25) is 5.36 Å². The van der Waals surface area contributed by atoms with Gasteiger partial charge >= 0.3 is 8.80 Å². The summed E-state index contributed by atoms with van der Waals surface area (Å²) in [6.45, 7) is 6.50. The Morgan fingerprint density at radius 2 is 1.53 bits per heavy atom. The molecule has 0 spiro atoms. The van der Waals surface area contributed by atoms with Crippen molar-refractivity contribution in [1.82, 2.24) is 4.58 Å². The maximum absolute atomic E-state index is 12.5. The molecule has 0 bridgehead atoms. The SMILES string of the molecule is CCCN(c1ccccc1)c1ccc2c(-c3ccccc3S(=O)(=O)[O-])c3ccc(=[N+](CC)CCC[Si](OC)(OC)OC)cc-3oc2c1. The molecule has 1 aliphatic carbocycles. The summed E-state index contributed by atoms with van der Waals surface area (Å²) in [6, 6.07) is 29.1. The van der Waals surface area contributed by atoms with E-state index in [2.05, 4.69) is 35.5 Å². The van der Waals surface area contributed by atoms with Gasteiger partial charge < -0.3 is 27.1 Å². The fraction of sp³-hybridized carbons (Fsp3) is 0.306. The second kappa shape index (κ2) is 14.9. The van der Waals surface area contributed by atoms with Gasteiger partial charge in [-0.05, 0) is 49.7 Å². The van der Waals surface area contributed by atoms with E-state index in [0.717, 1.165) is 49.2 Å². The number of benzene rings is 4. The molecule has 248 valence electrons. The van der Waals surface area contributed by atoms with E-state index >= 15 is 0 Å². The summed E-state index contributed by atoms with van der Waals surface area (Å²) in [4.78, 5) is 1.96. The zero-order chi connectivity index (χ0) is 33.6. The Balaban J connectivity index is 1.73. The third-order valence-electron chi connectivity index (χ3n) is 8.53. The third kappa shape index (κ3) is 7.35. The molecular formula is C36H42N2O7SSi. The molecule has 0 atom stereocenters. The van der Waals surface area contributed by atoms with Crippen LogP contribution in [0.1, 0.15) is 26.7 Å². The van der Waals surface area contributed by atoms with Gasteiger partial charge in [0.1, 0.15) is 34.6 Å². The number of hydrogen-bond donors (Lipinski definition) is 0. The Morgan fingerprint density at radius 1 is 0.830 bits per heavy atom. The molecule has 0 radical (unpaired) electrons. The van der Waals surface area contributed by atoms with E-state index in [1.807, 2.05) is 54.6 Å². The van der Waals surface area contributed by atoms with Crippen LogP contribution in [0, 0.1) is 0 Å². The third-order valence-corrected chi connectivity index (χ3v) is 12.3. The second-order valence-corrected chi connectivity index (χ2v) is 15.7. The normalized spacial score (nSPS) is 12.9. The van der Waals surface area contributed by atoms with Gasteiger partial charge in [-0.2, -0.15) is 0 Å². The molecule has 0 fully saturated rings. The van der Waals surface area contributed by atoms with Gasteiger partial charge in [0.05, 0.1) is 11.0 Å². The van der Waals surface area contributed by atoms with E-state index in [0.29, 0.717) is 39.5 Å². The first-order chi connectivity index (χ1) is 22.7. The van der Waals surface area contributed by atoms with Crippen molar-refractivity contribution in [2.24, 2.45) is 0 Å². The monoisotopic (exact) mass is 674 g/mol. The zero-order valence-electron chi connectivity index (χ0n) is 27.6. The zero-order valence-corrected chi connectivity index (χ0v) is 29.4. The summed E-state index contributed by atoms with van der Waals surface area (Å²) in [5.74, 6) is 0.579. The largest absolute Gasteiger partial charge is 0.744 e. The highest BCUT2D eigenvalue weighted by Crippen LogP contribution is 2.43. The lowest BCUT2D eigenvalue weighted by Gasteiger charge is -2.25. The van der Waals surface area contributed by atoms with Gasteiger partial charge in [-0.3, -0.25) is 0 Å². The van der Waals surface area contributed by atoms with Crippen LogP contribution in [-0.2, 0) is 23.4 Å². The molecule has 1 heterocycles. The molecule has 0 N–H and O–H groups in total. The second-order valence-electron chi connectivity index (χ2n) is 11.3. The first-order valence-electron chi connectivity index (χ1n) is 15.8. The van der Waals surface area contributed by atoms with Crippen LogP contribution >= 0.6 is 0 Å². The standard InChI is InChI=1S/C36H42N2O7SSi/c1-6-22-38(27-14-9-8-10-15-27)29-19-21-31-34(26-29)45-33-25-28(37(7-2)23-13-24-47(42-3,43-4)44-5)18-20-30(33)36(31)32-16-11-12-17-35(32)46(39,40)41/h8-12,14-21,25-26H,6-7,13,22-24H2,1-5H3. The molecule has 3 aromatic rings. The van der Waals surface area contributed by atoms with Crippen LogP contribution in [0.3, 0.4) is 0 Å². The van der Waals surface area contributed by atoms with Crippen LogP contribution < -0.4 is 14.8 Å². The minimum absolute atomic E-state index is 0.267. The molecule has 0 saturated carbocycles. The molecule has 0 aromatic heterocycles. The van der Waals surface area contributed by atoms with Crippen LogP contribution in [-0.4, -0.2) is 62.7 Å². The highest BCUT2D eigenvalue weighted by Gasteiger charge is 2.37. The summed E-state index contributed by atoms with van der Waals surface area (Å²) >= 11 is 0. The quantitative estimate of drug-likeness (QED) is 0.0554. The van der Waals surface area contributed by atoms with E-state index < -0.39 is 18.9 Å². The molecule has 1 aliphatic heterocycles. The van der Waals surface area contributed by atoms with Crippen LogP contribution in [0.2, 0.25) is 6.04 Å². The average molecular weight is 675 g/mol. The minimum Gasteiger partial charge on any atom is -0.744 e. The highest BCUT2D eigenvalue weighted by atomic mass is 32.2. The van der Waals surface area contributed by atoms with Crippen molar-refractivity contribution in [3.63, 3.8) is 0 Å². The van der Waals surface area contributed by atoms with Crippen LogP contribution in [0.5, 0.6) is 0 Å². The Morgan fingerprint density at radius 3 is 2.19 bits per heavy atom. The molecule has 0 amide bonds. The molecule has 9 nitrogen and oxygen atoms in total. The maximum atomic E-state index is 12.5. The Bertz CT molecular complexity index is 1970. The summed E-state index contributed by atoms with van der Waals surface area (Å²) in [5, 5.41) is 1.66. The van der Waals surface area contributed by atoms with Crippen molar-refractivity contribution in [2.45, 2.75) is 37.6 Å². The summed E-state index contributed by atoms with van der Waals surface area (Å²) in [5.41, 5.74) is 4.26. The van der Waals surface area contributed by atoms with Gasteiger partial charge in [-0.1, -0.05) is 43.3 Å². The molecular weight excluding hydrogens is 633 g/mol. The number of fused-ring (bicyclic) bond motifs is 2. The Kier molecular flexibility index (Phi) is 11.0. The van der Waals surface area contributed by atoms with E-state index in [1.165, 1.54) is 6.07 Å². The predicted molar refractivity (Wildman–Crippen MR) is 187 cm³/mol. The number of para-hydroxylation sites is 1. The molecule has 3 aromatic carbocycles. The molecule has 47 heavy (non-hydrogen) atoms. The summed E-state index contributed by atoms with van der Waals surface area (Å²) in [7, 11) is -2.62. The van der Waals surface area contributed by atoms with Crippen LogP contribution in [0.25, 0.3) is 33.4 Å². The van der Waals surface area contributed by atoms with Crippen molar-refractivity contribution < 1.29 is 30.7 Å². The lowest BCUT2D eigenvalue weighted by Crippen LogP contribution is -2.43. The maximum Gasteiger partial charge on any atom is 0.500 e. The van der Waals surface area contributed by atoms with Gasteiger partial charge in [-0.25, -0.2) is 13.0 Å². The fourth-order valence-electron chi connectivity index (χ4n) is 6.16. The van der Waals surface area contributed by atoms with E-state index in [4.69, 9.17) is 17.7 Å². The molecule has 11 heteroatoms. The number of rotatable bonds is 14. The van der Waals surface area contributed by atoms with E-state index in [1.54, 1.807) is 39.5 Å². The number of anilines is 2. The Labute approximate surface area is 278 Å². The lowest BCUT2D eigenvalue weighted by molar-refractivity contribution is 0.123. The fourth-order valence-corrected chi connectivity index (χ4v) is 8.55. The first kappa shape index (κ1) is 34.5. The average Bonchev–Trinajstić information content (AvgIpc) is 3.09. The van der Waals surface area contributed by atoms with Gasteiger partial charge in [0, 0.05) is 85.9 Å². The number of nitrogens with zero attached hydrogens (tertiary/aromatic N) is 2. The van der Waals surface area contributed by atoms with Gasteiger partial charge in [0.15, 0.2) is 0 Å².